The fraction of sp³-hybridized carbons (Fsp3) is 0.100. The number of nitrogens with zero attached hydrogens (tertiary/aromatic N) is 1. The second-order valence-corrected chi connectivity index (χ2v) is 2.59. The van der Waals surface area contributed by atoms with Gasteiger partial charge in [0.05, 0.1) is 12.1 Å². The molecular formula is C10H8N2O3. The standard InChI is InChI=1S/C10H8N2O3/c1-2-5-12-9(13)8-7(10(14)15)4-3-6-11-8/h1,3-4,6H,5H2,(H,12,13)(H,14,15). The highest BCUT2D eigenvalue weighted by atomic mass is 16.4. The lowest BCUT2D eigenvalue weighted by Crippen LogP contribution is -2.26. The number of carboxylic acids is 1. The summed E-state index contributed by atoms with van der Waals surface area (Å²) in [5, 5.41) is 11.1. The lowest BCUT2D eigenvalue weighted by molar-refractivity contribution is 0.0690. The van der Waals surface area contributed by atoms with E-state index in [9.17, 15) is 9.59 Å². The quantitative estimate of drug-likeness (QED) is 0.686. The molecule has 0 atom stereocenters. The van der Waals surface area contributed by atoms with Crippen LogP contribution in [0.4, 0.5) is 0 Å². The van der Waals surface area contributed by atoms with Gasteiger partial charge in [-0.3, -0.25) is 9.78 Å². The molecule has 5 heteroatoms. The number of amides is 1. The van der Waals surface area contributed by atoms with Crippen LogP contribution in [0, 0.1) is 12.3 Å². The molecule has 0 aliphatic rings. The molecule has 1 aromatic rings. The van der Waals surface area contributed by atoms with Crippen molar-refractivity contribution in [1.82, 2.24) is 10.3 Å². The molecule has 0 saturated heterocycles. The van der Waals surface area contributed by atoms with Gasteiger partial charge in [0.15, 0.2) is 0 Å². The summed E-state index contributed by atoms with van der Waals surface area (Å²) in [6.07, 6.45) is 6.30. The predicted molar refractivity (Wildman–Crippen MR) is 52.4 cm³/mol. The first-order valence-corrected chi connectivity index (χ1v) is 4.06. The Morgan fingerprint density at radius 1 is 1.60 bits per heavy atom. The van der Waals surface area contributed by atoms with Gasteiger partial charge in [-0.05, 0) is 12.1 Å². The zero-order valence-corrected chi connectivity index (χ0v) is 7.73. The van der Waals surface area contributed by atoms with Gasteiger partial charge >= 0.3 is 5.97 Å². The smallest absolute Gasteiger partial charge is 0.338 e. The summed E-state index contributed by atoms with van der Waals surface area (Å²) in [5.74, 6) is 0.418. The van der Waals surface area contributed by atoms with E-state index in [1.807, 2.05) is 0 Å². The third kappa shape index (κ3) is 2.54. The largest absolute Gasteiger partial charge is 0.478 e. The number of rotatable bonds is 3. The Morgan fingerprint density at radius 2 is 2.33 bits per heavy atom. The summed E-state index contributed by atoms with van der Waals surface area (Å²) < 4.78 is 0. The van der Waals surface area contributed by atoms with Gasteiger partial charge in [0.25, 0.3) is 5.91 Å². The number of carboxylic acid groups (broad SMARTS) is 1. The number of hydrogen-bond donors (Lipinski definition) is 2. The first-order valence-electron chi connectivity index (χ1n) is 4.06. The molecule has 1 heterocycles. The summed E-state index contributed by atoms with van der Waals surface area (Å²) >= 11 is 0. The zero-order valence-electron chi connectivity index (χ0n) is 7.73. The number of hydrogen-bond acceptors (Lipinski definition) is 3. The number of carbonyl (C=O) groups is 2. The van der Waals surface area contributed by atoms with Crippen molar-refractivity contribution in [3.8, 4) is 12.3 Å². The number of pyridine rings is 1. The molecule has 1 amide bonds. The van der Waals surface area contributed by atoms with Crippen molar-refractivity contribution in [3.63, 3.8) is 0 Å². The molecule has 0 aromatic carbocycles. The molecule has 0 aliphatic carbocycles. The molecule has 76 valence electrons. The van der Waals surface area contributed by atoms with E-state index in [0.29, 0.717) is 0 Å². The number of aromatic carboxylic acids is 1. The highest BCUT2D eigenvalue weighted by molar-refractivity contribution is 6.03. The third-order valence-corrected chi connectivity index (χ3v) is 1.60. The molecule has 1 rings (SSSR count). The maximum atomic E-state index is 11.4. The highest BCUT2D eigenvalue weighted by Gasteiger charge is 2.16. The minimum absolute atomic E-state index is 0.0362. The number of terminal acetylenes is 1. The Labute approximate surface area is 86.1 Å². The van der Waals surface area contributed by atoms with Crippen LogP contribution < -0.4 is 5.32 Å². The van der Waals surface area contributed by atoms with E-state index < -0.39 is 11.9 Å². The van der Waals surface area contributed by atoms with Crippen LogP contribution in [0.25, 0.3) is 0 Å². The van der Waals surface area contributed by atoms with Crippen molar-refractivity contribution in [1.29, 1.82) is 0 Å². The van der Waals surface area contributed by atoms with Crippen molar-refractivity contribution >= 4 is 11.9 Å². The molecule has 0 bridgehead atoms. The fourth-order valence-electron chi connectivity index (χ4n) is 0.974. The Kier molecular flexibility index (Phi) is 3.41. The Balaban J connectivity index is 2.98. The molecule has 2 N–H and O–H groups in total. The van der Waals surface area contributed by atoms with E-state index in [0.717, 1.165) is 0 Å². The first kappa shape index (κ1) is 10.7. The second-order valence-electron chi connectivity index (χ2n) is 2.59. The SMILES string of the molecule is C#CCNC(=O)c1ncccc1C(=O)O. The Bertz CT molecular complexity index is 435. The van der Waals surface area contributed by atoms with Crippen LogP contribution in [0.1, 0.15) is 20.8 Å². The molecular weight excluding hydrogens is 196 g/mol. The Morgan fingerprint density at radius 3 is 2.93 bits per heavy atom. The maximum Gasteiger partial charge on any atom is 0.338 e. The van der Waals surface area contributed by atoms with Crippen LogP contribution in [-0.2, 0) is 0 Å². The van der Waals surface area contributed by atoms with Gasteiger partial charge in [-0.2, -0.15) is 0 Å². The molecule has 0 saturated carbocycles. The van der Waals surface area contributed by atoms with E-state index in [2.05, 4.69) is 16.2 Å². The van der Waals surface area contributed by atoms with Crippen molar-refractivity contribution < 1.29 is 14.7 Å². The Hall–Kier alpha value is -2.35. The summed E-state index contributed by atoms with van der Waals surface area (Å²) in [7, 11) is 0. The number of nitrogens with one attached hydrogen (secondary N) is 1. The summed E-state index contributed by atoms with van der Waals surface area (Å²) in [4.78, 5) is 25.8. The normalized spacial score (nSPS) is 9.00. The highest BCUT2D eigenvalue weighted by Crippen LogP contribution is 2.04. The molecule has 0 aliphatic heterocycles. The monoisotopic (exact) mass is 204 g/mol. The molecule has 5 nitrogen and oxygen atoms in total. The van der Waals surface area contributed by atoms with Gasteiger partial charge in [-0.1, -0.05) is 5.92 Å². The number of aromatic nitrogens is 1. The molecule has 1 aromatic heterocycles. The van der Waals surface area contributed by atoms with Crippen LogP contribution in [0.5, 0.6) is 0 Å². The fourth-order valence-corrected chi connectivity index (χ4v) is 0.974. The summed E-state index contributed by atoms with van der Waals surface area (Å²) in [6.45, 7) is 0.0362. The van der Waals surface area contributed by atoms with E-state index in [-0.39, 0.29) is 17.8 Å². The van der Waals surface area contributed by atoms with Crippen LogP contribution >= 0.6 is 0 Å². The zero-order chi connectivity index (χ0) is 11.3. The van der Waals surface area contributed by atoms with Crippen LogP contribution in [-0.4, -0.2) is 28.5 Å². The van der Waals surface area contributed by atoms with Gasteiger partial charge in [-0.25, -0.2) is 4.79 Å². The van der Waals surface area contributed by atoms with Gasteiger partial charge in [0.1, 0.15) is 5.69 Å². The molecule has 0 unspecified atom stereocenters. The van der Waals surface area contributed by atoms with Crippen LogP contribution in [0.15, 0.2) is 18.3 Å². The molecule has 0 radical (unpaired) electrons. The van der Waals surface area contributed by atoms with Crippen molar-refractivity contribution in [2.24, 2.45) is 0 Å². The molecule has 0 spiro atoms. The van der Waals surface area contributed by atoms with Crippen molar-refractivity contribution in [2.75, 3.05) is 6.54 Å². The molecule has 15 heavy (non-hydrogen) atoms. The minimum atomic E-state index is -1.20. The second kappa shape index (κ2) is 4.77. The molecule has 0 fully saturated rings. The van der Waals surface area contributed by atoms with Crippen LogP contribution in [0.3, 0.4) is 0 Å². The summed E-state index contributed by atoms with van der Waals surface area (Å²) in [6, 6.07) is 2.75. The lowest BCUT2D eigenvalue weighted by Gasteiger charge is -2.03. The van der Waals surface area contributed by atoms with E-state index in [4.69, 9.17) is 11.5 Å². The van der Waals surface area contributed by atoms with Gasteiger partial charge in [0, 0.05) is 6.20 Å². The van der Waals surface area contributed by atoms with Gasteiger partial charge in [0.2, 0.25) is 0 Å². The summed E-state index contributed by atoms with van der Waals surface area (Å²) in [5.41, 5.74) is -0.285. The van der Waals surface area contributed by atoms with Crippen LogP contribution in [0.2, 0.25) is 0 Å². The lowest BCUT2D eigenvalue weighted by atomic mass is 10.2. The maximum absolute atomic E-state index is 11.4. The predicted octanol–water partition coefficient (Wildman–Crippen LogP) is 0.143. The van der Waals surface area contributed by atoms with E-state index in [1.54, 1.807) is 0 Å². The van der Waals surface area contributed by atoms with E-state index >= 15 is 0 Å². The van der Waals surface area contributed by atoms with Gasteiger partial charge < -0.3 is 10.4 Å². The minimum Gasteiger partial charge on any atom is -0.478 e. The van der Waals surface area contributed by atoms with Gasteiger partial charge in [-0.15, -0.1) is 6.42 Å². The topological polar surface area (TPSA) is 79.3 Å². The van der Waals surface area contributed by atoms with Crippen molar-refractivity contribution in [3.05, 3.63) is 29.6 Å². The number of carbonyl (C=O) groups excluding carboxylic acids is 1. The van der Waals surface area contributed by atoms with Crippen molar-refractivity contribution in [2.45, 2.75) is 0 Å². The first-order chi connectivity index (χ1) is 7.16. The average molecular weight is 204 g/mol. The van der Waals surface area contributed by atoms with E-state index in [1.165, 1.54) is 18.3 Å². The average Bonchev–Trinajstić information content (AvgIpc) is 2.25. The third-order valence-electron chi connectivity index (χ3n) is 1.60.